The largest absolute Gasteiger partial charge is 0.478 e. The number of amides is 2. The molecule has 0 unspecified atom stereocenters. The molecule has 1 rings (SSSR count). The van der Waals surface area contributed by atoms with Gasteiger partial charge in [0.2, 0.25) is 0 Å². The van der Waals surface area contributed by atoms with Crippen LogP contribution in [0, 0.1) is 0 Å². The molecule has 0 aliphatic carbocycles. The third-order valence-corrected chi connectivity index (χ3v) is 3.15. The molecule has 5 nitrogen and oxygen atoms in total. The van der Waals surface area contributed by atoms with Crippen LogP contribution in [-0.2, 0) is 0 Å². The highest BCUT2D eigenvalue weighted by Crippen LogP contribution is 2.24. The molecule has 1 aromatic carbocycles. The van der Waals surface area contributed by atoms with E-state index in [0.717, 1.165) is 0 Å². The molecule has 21 heavy (non-hydrogen) atoms. The minimum atomic E-state index is -4.49. The van der Waals surface area contributed by atoms with Crippen LogP contribution in [-0.4, -0.2) is 41.3 Å². The fourth-order valence-electron chi connectivity index (χ4n) is 1.49. The van der Waals surface area contributed by atoms with E-state index in [4.69, 9.17) is 5.11 Å². The zero-order chi connectivity index (χ0) is 16.2. The van der Waals surface area contributed by atoms with Crippen LogP contribution in [0.15, 0.2) is 22.7 Å². The standard InChI is InChI=1S/C12H12BrF3N2O3/c1-2-18(6-12(14,15)16)11(21)17-9-4-3-7(10(19)20)5-8(9)13/h3-5H,2,6H2,1H3,(H,17,21)(H,19,20). The van der Waals surface area contributed by atoms with Crippen LogP contribution >= 0.6 is 15.9 Å². The zero-order valence-corrected chi connectivity index (χ0v) is 12.5. The van der Waals surface area contributed by atoms with Crippen molar-refractivity contribution in [2.45, 2.75) is 13.1 Å². The maximum absolute atomic E-state index is 12.3. The lowest BCUT2D eigenvalue weighted by Gasteiger charge is -2.23. The van der Waals surface area contributed by atoms with Gasteiger partial charge in [0, 0.05) is 11.0 Å². The number of carbonyl (C=O) groups is 2. The molecular weight excluding hydrogens is 357 g/mol. The number of nitrogens with one attached hydrogen (secondary N) is 1. The zero-order valence-electron chi connectivity index (χ0n) is 10.9. The highest BCUT2D eigenvalue weighted by Gasteiger charge is 2.32. The summed E-state index contributed by atoms with van der Waals surface area (Å²) in [7, 11) is 0. The molecule has 0 heterocycles. The molecular formula is C12H12BrF3N2O3. The molecule has 0 atom stereocenters. The van der Waals surface area contributed by atoms with Crippen molar-refractivity contribution in [3.63, 3.8) is 0 Å². The predicted octanol–water partition coefficient (Wildman–Crippen LogP) is 3.56. The van der Waals surface area contributed by atoms with E-state index in [1.54, 1.807) is 0 Å². The SMILES string of the molecule is CCN(CC(F)(F)F)C(=O)Nc1ccc(C(=O)O)cc1Br. The number of urea groups is 1. The number of carboxylic acid groups (broad SMARTS) is 1. The van der Waals surface area contributed by atoms with E-state index >= 15 is 0 Å². The van der Waals surface area contributed by atoms with Gasteiger partial charge in [-0.3, -0.25) is 0 Å². The number of carbonyl (C=O) groups excluding carboxylic acids is 1. The van der Waals surface area contributed by atoms with Gasteiger partial charge in [0.15, 0.2) is 0 Å². The number of aromatic carboxylic acids is 1. The molecule has 0 fully saturated rings. The van der Waals surface area contributed by atoms with Crippen molar-refractivity contribution in [3.8, 4) is 0 Å². The number of hydrogen-bond donors (Lipinski definition) is 2. The van der Waals surface area contributed by atoms with Gasteiger partial charge in [-0.15, -0.1) is 0 Å². The van der Waals surface area contributed by atoms with Gasteiger partial charge in [-0.1, -0.05) is 0 Å². The van der Waals surface area contributed by atoms with Crippen LogP contribution in [0.4, 0.5) is 23.7 Å². The Morgan fingerprint density at radius 1 is 1.38 bits per heavy atom. The molecule has 0 spiro atoms. The normalized spacial score (nSPS) is 11.1. The molecule has 2 N–H and O–H groups in total. The molecule has 2 amide bonds. The van der Waals surface area contributed by atoms with Crippen molar-refractivity contribution < 1.29 is 27.9 Å². The Bertz CT molecular complexity index is 549. The quantitative estimate of drug-likeness (QED) is 0.853. The third-order valence-electron chi connectivity index (χ3n) is 2.50. The van der Waals surface area contributed by atoms with Gasteiger partial charge < -0.3 is 15.3 Å². The molecule has 116 valence electrons. The summed E-state index contributed by atoms with van der Waals surface area (Å²) in [5.74, 6) is -1.15. The summed E-state index contributed by atoms with van der Waals surface area (Å²) in [5, 5.41) is 11.1. The lowest BCUT2D eigenvalue weighted by molar-refractivity contribution is -0.139. The number of benzene rings is 1. The summed E-state index contributed by atoms with van der Waals surface area (Å²) in [6, 6.07) is 2.87. The number of rotatable bonds is 4. The Hall–Kier alpha value is -1.77. The summed E-state index contributed by atoms with van der Waals surface area (Å²) in [6.07, 6.45) is -4.49. The molecule has 0 saturated heterocycles. The summed E-state index contributed by atoms with van der Waals surface area (Å²) in [6.45, 7) is -0.0514. The lowest BCUT2D eigenvalue weighted by atomic mass is 10.2. The van der Waals surface area contributed by atoms with Gasteiger partial charge >= 0.3 is 18.2 Å². The van der Waals surface area contributed by atoms with Crippen LogP contribution in [0.25, 0.3) is 0 Å². The van der Waals surface area contributed by atoms with Gasteiger partial charge in [0.05, 0.1) is 11.3 Å². The van der Waals surface area contributed by atoms with Crippen molar-refractivity contribution in [1.29, 1.82) is 0 Å². The van der Waals surface area contributed by atoms with Gasteiger partial charge in [0.25, 0.3) is 0 Å². The first-order chi connectivity index (χ1) is 9.64. The molecule has 9 heteroatoms. The van der Waals surface area contributed by atoms with E-state index in [-0.39, 0.29) is 22.3 Å². The Kier molecular flexibility index (Phi) is 5.59. The van der Waals surface area contributed by atoms with Crippen LogP contribution in [0.2, 0.25) is 0 Å². The molecule has 0 saturated carbocycles. The Labute approximate surface area is 126 Å². The predicted molar refractivity (Wildman–Crippen MR) is 73.4 cm³/mol. The highest BCUT2D eigenvalue weighted by atomic mass is 79.9. The number of anilines is 1. The third kappa shape index (κ3) is 5.25. The second kappa shape index (κ2) is 6.79. The van der Waals surface area contributed by atoms with E-state index in [9.17, 15) is 22.8 Å². The maximum Gasteiger partial charge on any atom is 0.406 e. The van der Waals surface area contributed by atoms with Crippen molar-refractivity contribution in [1.82, 2.24) is 4.90 Å². The summed E-state index contributed by atoms with van der Waals surface area (Å²) in [4.78, 5) is 23.1. The first-order valence-corrected chi connectivity index (χ1v) is 6.59. The molecule has 0 aliphatic rings. The topological polar surface area (TPSA) is 69.6 Å². The maximum atomic E-state index is 12.3. The fourth-order valence-corrected chi connectivity index (χ4v) is 1.97. The molecule has 0 radical (unpaired) electrons. The number of alkyl halides is 3. The molecule has 0 aromatic heterocycles. The van der Waals surface area contributed by atoms with Crippen molar-refractivity contribution in [3.05, 3.63) is 28.2 Å². The average Bonchev–Trinajstić information content (AvgIpc) is 2.36. The monoisotopic (exact) mass is 368 g/mol. The van der Waals surface area contributed by atoms with E-state index < -0.39 is 24.7 Å². The molecule has 1 aromatic rings. The minimum absolute atomic E-state index is 0.0116. The summed E-state index contributed by atoms with van der Waals surface area (Å²) < 4.78 is 37.2. The first-order valence-electron chi connectivity index (χ1n) is 5.79. The van der Waals surface area contributed by atoms with Gasteiger partial charge in [-0.25, -0.2) is 9.59 Å². The van der Waals surface area contributed by atoms with Crippen LogP contribution in [0.5, 0.6) is 0 Å². The Morgan fingerprint density at radius 3 is 2.43 bits per heavy atom. The fraction of sp³-hybridized carbons (Fsp3) is 0.333. The van der Waals surface area contributed by atoms with E-state index in [0.29, 0.717) is 4.90 Å². The Balaban J connectivity index is 2.84. The second-order valence-corrected chi connectivity index (χ2v) is 4.91. The smallest absolute Gasteiger partial charge is 0.406 e. The van der Waals surface area contributed by atoms with Gasteiger partial charge in [-0.05, 0) is 41.1 Å². The highest BCUT2D eigenvalue weighted by molar-refractivity contribution is 9.10. The van der Waals surface area contributed by atoms with Crippen LogP contribution in [0.3, 0.4) is 0 Å². The van der Waals surface area contributed by atoms with Gasteiger partial charge in [0.1, 0.15) is 6.54 Å². The van der Waals surface area contributed by atoms with E-state index in [2.05, 4.69) is 21.2 Å². The number of nitrogens with zero attached hydrogens (tertiary/aromatic N) is 1. The Morgan fingerprint density at radius 2 is 2.00 bits per heavy atom. The van der Waals surface area contributed by atoms with Crippen molar-refractivity contribution in [2.75, 3.05) is 18.4 Å². The first kappa shape index (κ1) is 17.3. The number of carboxylic acids is 1. The number of halogens is 4. The van der Waals surface area contributed by atoms with Crippen LogP contribution < -0.4 is 5.32 Å². The summed E-state index contributed by atoms with van der Waals surface area (Å²) >= 11 is 3.06. The molecule has 0 aliphatic heterocycles. The summed E-state index contributed by atoms with van der Waals surface area (Å²) in [5.41, 5.74) is 0.174. The van der Waals surface area contributed by atoms with E-state index in [1.165, 1.54) is 25.1 Å². The average molecular weight is 369 g/mol. The van der Waals surface area contributed by atoms with Crippen molar-refractivity contribution in [2.24, 2.45) is 0 Å². The molecule has 0 bridgehead atoms. The second-order valence-electron chi connectivity index (χ2n) is 4.06. The van der Waals surface area contributed by atoms with Crippen LogP contribution in [0.1, 0.15) is 17.3 Å². The van der Waals surface area contributed by atoms with Crippen molar-refractivity contribution >= 4 is 33.6 Å². The lowest BCUT2D eigenvalue weighted by Crippen LogP contribution is -2.41. The number of hydrogen-bond acceptors (Lipinski definition) is 2. The van der Waals surface area contributed by atoms with E-state index in [1.807, 2.05) is 0 Å². The van der Waals surface area contributed by atoms with Gasteiger partial charge in [-0.2, -0.15) is 13.2 Å². The minimum Gasteiger partial charge on any atom is -0.478 e.